The lowest BCUT2D eigenvalue weighted by Gasteiger charge is -2.22. The molecule has 0 unspecified atom stereocenters. The molecule has 2 aliphatic heterocycles. The first-order valence-electron chi connectivity index (χ1n) is 11.7. The fourth-order valence-electron chi connectivity index (χ4n) is 5.07. The Labute approximate surface area is 211 Å². The van der Waals surface area contributed by atoms with Gasteiger partial charge in [0.05, 0.1) is 21.8 Å². The zero-order chi connectivity index (χ0) is 25.1. The van der Waals surface area contributed by atoms with Gasteiger partial charge in [-0.1, -0.05) is 23.5 Å². The van der Waals surface area contributed by atoms with Crippen LogP contribution in [0.4, 0.5) is 5.13 Å². The normalized spacial score (nSPS) is 20.7. The molecular formula is C28H23N3O4S. The minimum Gasteiger partial charge on any atom is -0.507 e. The maximum Gasteiger partial charge on any atom is 0.301 e. The predicted molar refractivity (Wildman–Crippen MR) is 138 cm³/mol. The van der Waals surface area contributed by atoms with Crippen molar-refractivity contribution < 1.29 is 19.4 Å². The molecule has 0 spiro atoms. The third-order valence-electron chi connectivity index (χ3n) is 6.64. The quantitative estimate of drug-likeness (QED) is 0.236. The van der Waals surface area contributed by atoms with E-state index in [1.54, 1.807) is 36.7 Å². The van der Waals surface area contributed by atoms with E-state index in [1.807, 2.05) is 39.0 Å². The van der Waals surface area contributed by atoms with Crippen LogP contribution in [0.3, 0.4) is 0 Å². The number of nitrogens with zero attached hydrogens (tertiary/aromatic N) is 3. The maximum atomic E-state index is 13.5. The highest BCUT2D eigenvalue weighted by Crippen LogP contribution is 2.45. The maximum absolute atomic E-state index is 13.5. The van der Waals surface area contributed by atoms with Gasteiger partial charge in [-0.15, -0.1) is 0 Å². The number of aromatic nitrogens is 2. The Kier molecular flexibility index (Phi) is 5.15. The number of anilines is 1. The first kappa shape index (κ1) is 22.4. The molecule has 1 N–H and O–H groups in total. The highest BCUT2D eigenvalue weighted by Gasteiger charge is 2.48. The number of thiazole rings is 1. The van der Waals surface area contributed by atoms with Crippen molar-refractivity contribution in [1.29, 1.82) is 0 Å². The van der Waals surface area contributed by atoms with Crippen LogP contribution >= 0.6 is 11.3 Å². The van der Waals surface area contributed by atoms with E-state index in [-0.39, 0.29) is 17.4 Å². The van der Waals surface area contributed by atoms with Crippen LogP contribution in [0.5, 0.6) is 5.75 Å². The summed E-state index contributed by atoms with van der Waals surface area (Å²) in [4.78, 5) is 37.2. The molecule has 0 radical (unpaired) electrons. The average molecular weight is 498 g/mol. The Morgan fingerprint density at radius 1 is 1.17 bits per heavy atom. The second-order valence-corrected chi connectivity index (χ2v) is 10.3. The fourth-order valence-corrected chi connectivity index (χ4v) is 6.24. The van der Waals surface area contributed by atoms with Crippen LogP contribution in [0, 0.1) is 13.8 Å². The Balaban J connectivity index is 1.54. The molecule has 4 aromatic rings. The van der Waals surface area contributed by atoms with Crippen LogP contribution < -0.4 is 9.64 Å². The van der Waals surface area contributed by atoms with Crippen molar-refractivity contribution in [3.63, 3.8) is 0 Å². The number of carbonyl (C=O) groups excluding carboxylic acids is 2. The van der Waals surface area contributed by atoms with Crippen LogP contribution in [0.25, 0.3) is 16.0 Å². The number of fused-ring (bicyclic) bond motifs is 2. The van der Waals surface area contributed by atoms with Crippen LogP contribution in [-0.2, 0) is 16.0 Å². The summed E-state index contributed by atoms with van der Waals surface area (Å²) in [7, 11) is 0. The zero-order valence-electron chi connectivity index (χ0n) is 20.0. The number of carbonyl (C=O) groups is 2. The summed E-state index contributed by atoms with van der Waals surface area (Å²) in [6.45, 7) is 5.97. The number of hydrogen-bond acceptors (Lipinski definition) is 7. The number of aliphatic hydroxyl groups is 1. The topological polar surface area (TPSA) is 92.6 Å². The van der Waals surface area contributed by atoms with Crippen LogP contribution in [0.15, 0.2) is 60.4 Å². The number of ketones is 1. The first-order valence-corrected chi connectivity index (χ1v) is 12.5. The van der Waals surface area contributed by atoms with Crippen LogP contribution in [0.1, 0.15) is 40.8 Å². The lowest BCUT2D eigenvalue weighted by atomic mass is 9.95. The van der Waals surface area contributed by atoms with Gasteiger partial charge in [0.1, 0.15) is 17.6 Å². The Bertz CT molecular complexity index is 1590. The second-order valence-electron chi connectivity index (χ2n) is 9.34. The highest BCUT2D eigenvalue weighted by atomic mass is 32.1. The lowest BCUT2D eigenvalue weighted by molar-refractivity contribution is -0.132. The Hall–Kier alpha value is -4.04. The van der Waals surface area contributed by atoms with E-state index < -0.39 is 17.7 Å². The summed E-state index contributed by atoms with van der Waals surface area (Å²) in [6, 6.07) is 12.1. The number of Topliss-reactive ketones (excluding diaryl/α,β-unsaturated/α-hetero) is 1. The monoisotopic (exact) mass is 497 g/mol. The molecule has 0 saturated carbocycles. The molecule has 1 saturated heterocycles. The number of aliphatic hydroxyl groups excluding tert-OH is 1. The third-order valence-corrected chi connectivity index (χ3v) is 7.64. The number of rotatable bonds is 3. The lowest BCUT2D eigenvalue weighted by Crippen LogP contribution is -2.29. The molecule has 0 bridgehead atoms. The Morgan fingerprint density at radius 3 is 2.78 bits per heavy atom. The number of hydrogen-bond donors (Lipinski definition) is 1. The van der Waals surface area contributed by atoms with Gasteiger partial charge in [0.15, 0.2) is 5.13 Å². The fraction of sp³-hybridized carbons (Fsp3) is 0.214. The van der Waals surface area contributed by atoms with Crippen molar-refractivity contribution in [2.45, 2.75) is 39.3 Å². The molecule has 4 heterocycles. The van der Waals surface area contributed by atoms with Gasteiger partial charge in [-0.2, -0.15) is 0 Å². The van der Waals surface area contributed by atoms with Crippen LogP contribution in [-0.4, -0.2) is 32.9 Å². The molecule has 2 aromatic heterocycles. The summed E-state index contributed by atoms with van der Waals surface area (Å²) in [5.74, 6) is -0.931. The molecule has 7 nitrogen and oxygen atoms in total. The number of pyridine rings is 1. The van der Waals surface area contributed by atoms with E-state index in [4.69, 9.17) is 9.72 Å². The van der Waals surface area contributed by atoms with Crippen molar-refractivity contribution in [1.82, 2.24) is 9.97 Å². The molecule has 0 aliphatic carbocycles. The van der Waals surface area contributed by atoms with Gasteiger partial charge in [0, 0.05) is 24.4 Å². The summed E-state index contributed by atoms with van der Waals surface area (Å²) < 4.78 is 6.71. The predicted octanol–water partition coefficient (Wildman–Crippen LogP) is 5.26. The summed E-state index contributed by atoms with van der Waals surface area (Å²) >= 11 is 1.35. The smallest absolute Gasteiger partial charge is 0.301 e. The van der Waals surface area contributed by atoms with E-state index in [1.165, 1.54) is 16.2 Å². The standard InChI is InChI=1S/C28H23N3O4S/c1-14-9-15(2)23-21(10-14)36-28(30-23)31-24(18-5-4-8-29-13-18)22(26(33)27(31)34)25(32)17-6-7-20-19(12-17)11-16(3)35-20/h4-10,12-13,16,24,32H,11H2,1-3H3/b25-22+/t16-,24-/m1/s1. The average Bonchev–Trinajstić information content (AvgIpc) is 3.52. The molecule has 2 aromatic carbocycles. The van der Waals surface area contributed by atoms with Gasteiger partial charge in [0.2, 0.25) is 0 Å². The van der Waals surface area contributed by atoms with Gasteiger partial charge in [-0.25, -0.2) is 4.98 Å². The minimum atomic E-state index is -0.857. The number of aryl methyl sites for hydroxylation is 2. The van der Waals surface area contributed by atoms with Crippen molar-refractivity contribution in [2.75, 3.05) is 4.90 Å². The summed E-state index contributed by atoms with van der Waals surface area (Å²) in [6.07, 6.45) is 3.99. The van der Waals surface area contributed by atoms with Gasteiger partial charge in [0.25, 0.3) is 5.78 Å². The largest absolute Gasteiger partial charge is 0.507 e. The SMILES string of the molecule is Cc1cc(C)c2nc(N3C(=O)C(=O)/C(=C(/O)c4ccc5c(c4)C[C@@H](C)O5)[C@H]3c3cccnc3)sc2c1. The van der Waals surface area contributed by atoms with Crippen LogP contribution in [0.2, 0.25) is 0 Å². The third kappa shape index (κ3) is 3.48. The van der Waals surface area contributed by atoms with Crippen molar-refractivity contribution in [3.05, 3.63) is 88.2 Å². The van der Waals surface area contributed by atoms with Gasteiger partial charge < -0.3 is 9.84 Å². The molecule has 180 valence electrons. The highest BCUT2D eigenvalue weighted by molar-refractivity contribution is 7.22. The first-order chi connectivity index (χ1) is 17.3. The molecule has 2 aliphatic rings. The molecule has 36 heavy (non-hydrogen) atoms. The zero-order valence-corrected chi connectivity index (χ0v) is 20.8. The van der Waals surface area contributed by atoms with Gasteiger partial charge in [-0.05, 0) is 73.4 Å². The number of benzene rings is 2. The Morgan fingerprint density at radius 2 is 2.00 bits per heavy atom. The van der Waals surface area contributed by atoms with E-state index in [9.17, 15) is 14.7 Å². The van der Waals surface area contributed by atoms with E-state index in [2.05, 4.69) is 4.98 Å². The molecular weight excluding hydrogens is 474 g/mol. The van der Waals surface area contributed by atoms with Crippen molar-refractivity contribution in [3.8, 4) is 5.75 Å². The number of ether oxygens (including phenoxy) is 1. The molecule has 2 atom stereocenters. The van der Waals surface area contributed by atoms with E-state index in [0.29, 0.717) is 22.7 Å². The molecule has 1 amide bonds. The molecule has 1 fully saturated rings. The molecule has 6 rings (SSSR count). The number of amides is 1. The second kappa shape index (κ2) is 8.27. The summed E-state index contributed by atoms with van der Waals surface area (Å²) in [5.41, 5.74) is 4.94. The molecule has 8 heteroatoms. The van der Waals surface area contributed by atoms with E-state index in [0.717, 1.165) is 32.7 Å². The van der Waals surface area contributed by atoms with E-state index >= 15 is 0 Å². The minimum absolute atomic E-state index is 0.0204. The van der Waals surface area contributed by atoms with Gasteiger partial charge >= 0.3 is 5.91 Å². The van der Waals surface area contributed by atoms with Crippen molar-refractivity contribution >= 4 is 44.1 Å². The van der Waals surface area contributed by atoms with Crippen molar-refractivity contribution in [2.24, 2.45) is 0 Å². The van der Waals surface area contributed by atoms with Gasteiger partial charge in [-0.3, -0.25) is 19.5 Å². The summed E-state index contributed by atoms with van der Waals surface area (Å²) in [5, 5.41) is 11.8.